The Balaban J connectivity index is 1.91. The fourth-order valence-electron chi connectivity index (χ4n) is 3.28. The molecule has 0 saturated heterocycles. The molecule has 2 N–H and O–H groups in total. The Morgan fingerprint density at radius 1 is 1.24 bits per heavy atom. The quantitative estimate of drug-likeness (QED) is 0.473. The number of nitrogens with one attached hydrogen (secondary N) is 2. The number of aliphatic imine (C=N–C) groups is 1. The van der Waals surface area contributed by atoms with Crippen LogP contribution in [0.25, 0.3) is 0 Å². The van der Waals surface area contributed by atoms with Crippen molar-refractivity contribution in [3.05, 3.63) is 41.5 Å². The zero-order valence-electron chi connectivity index (χ0n) is 18.7. The van der Waals surface area contributed by atoms with Crippen LogP contribution in [0.5, 0.6) is 5.75 Å². The number of hydrogen-bond acceptors (Lipinski definition) is 4. The van der Waals surface area contributed by atoms with Gasteiger partial charge >= 0.3 is 0 Å². The maximum absolute atomic E-state index is 6.24. The van der Waals surface area contributed by atoms with Crippen molar-refractivity contribution < 1.29 is 4.74 Å². The molecule has 1 atom stereocenters. The molecular formula is C22H36N6O. The van der Waals surface area contributed by atoms with E-state index in [1.165, 1.54) is 5.56 Å². The Hall–Kier alpha value is -2.57. The summed E-state index contributed by atoms with van der Waals surface area (Å²) in [6, 6.07) is 6.35. The van der Waals surface area contributed by atoms with Gasteiger partial charge in [0.25, 0.3) is 0 Å². The number of aromatic nitrogens is 3. The number of hydrogen-bond donors (Lipinski definition) is 2. The lowest BCUT2D eigenvalue weighted by molar-refractivity contribution is 0.191. The average Bonchev–Trinajstić information content (AvgIpc) is 3.12. The van der Waals surface area contributed by atoms with Crippen molar-refractivity contribution in [2.75, 3.05) is 13.6 Å². The van der Waals surface area contributed by atoms with Crippen LogP contribution in [0.2, 0.25) is 0 Å². The molecule has 160 valence electrons. The number of guanidine groups is 1. The van der Waals surface area contributed by atoms with Crippen molar-refractivity contribution in [3.63, 3.8) is 0 Å². The minimum Gasteiger partial charge on any atom is -0.490 e. The van der Waals surface area contributed by atoms with Crippen LogP contribution in [-0.2, 0) is 19.5 Å². The van der Waals surface area contributed by atoms with Crippen LogP contribution in [0.15, 0.2) is 29.5 Å². The van der Waals surface area contributed by atoms with Gasteiger partial charge in [0.15, 0.2) is 5.96 Å². The summed E-state index contributed by atoms with van der Waals surface area (Å²) in [6.45, 7) is 12.9. The topological polar surface area (TPSA) is 76.4 Å². The lowest BCUT2D eigenvalue weighted by atomic mass is 10.1. The Morgan fingerprint density at radius 3 is 2.72 bits per heavy atom. The molecule has 2 rings (SSSR count). The van der Waals surface area contributed by atoms with E-state index in [2.05, 4.69) is 83.2 Å². The molecule has 0 saturated carbocycles. The number of ether oxygens (including phenoxy) is 1. The van der Waals surface area contributed by atoms with E-state index in [1.807, 2.05) is 0 Å². The van der Waals surface area contributed by atoms with E-state index in [9.17, 15) is 0 Å². The molecule has 0 aliphatic heterocycles. The van der Waals surface area contributed by atoms with Gasteiger partial charge in [0, 0.05) is 38.7 Å². The molecule has 0 amide bonds. The molecule has 7 heteroatoms. The number of nitrogens with zero attached hydrogens (tertiary/aromatic N) is 4. The summed E-state index contributed by atoms with van der Waals surface area (Å²) in [6.07, 6.45) is 3.86. The fourth-order valence-corrected chi connectivity index (χ4v) is 3.28. The van der Waals surface area contributed by atoms with Crippen LogP contribution in [0, 0.1) is 12.8 Å². The van der Waals surface area contributed by atoms with Crippen LogP contribution in [0.4, 0.5) is 0 Å². The minimum absolute atomic E-state index is 0.185. The second kappa shape index (κ2) is 11.4. The summed E-state index contributed by atoms with van der Waals surface area (Å²) in [5.74, 6) is 3.31. The molecule has 0 radical (unpaired) electrons. The summed E-state index contributed by atoms with van der Waals surface area (Å²) < 4.78 is 8.30. The van der Waals surface area contributed by atoms with E-state index in [4.69, 9.17) is 4.74 Å². The molecule has 0 aliphatic rings. The average molecular weight is 401 g/mol. The van der Waals surface area contributed by atoms with Crippen LogP contribution in [0.3, 0.4) is 0 Å². The minimum atomic E-state index is 0.185. The molecular weight excluding hydrogens is 364 g/mol. The Labute approximate surface area is 175 Å². The van der Waals surface area contributed by atoms with Gasteiger partial charge in [-0.2, -0.15) is 0 Å². The summed E-state index contributed by atoms with van der Waals surface area (Å²) in [7, 11) is 1.78. The maximum atomic E-state index is 6.24. The van der Waals surface area contributed by atoms with E-state index in [-0.39, 0.29) is 6.10 Å². The van der Waals surface area contributed by atoms with Gasteiger partial charge in [0.1, 0.15) is 17.9 Å². The third-order valence-corrected chi connectivity index (χ3v) is 4.68. The van der Waals surface area contributed by atoms with Gasteiger partial charge in [-0.1, -0.05) is 32.9 Å². The van der Waals surface area contributed by atoms with Crippen LogP contribution in [-0.4, -0.2) is 40.4 Å². The van der Waals surface area contributed by atoms with Gasteiger partial charge in [-0.25, -0.2) is 0 Å². The molecule has 0 fully saturated rings. The molecule has 7 nitrogen and oxygen atoms in total. The third-order valence-electron chi connectivity index (χ3n) is 4.68. The van der Waals surface area contributed by atoms with Gasteiger partial charge in [0.05, 0.1) is 6.10 Å². The van der Waals surface area contributed by atoms with Gasteiger partial charge < -0.3 is 19.9 Å². The van der Waals surface area contributed by atoms with Gasteiger partial charge in [-0.3, -0.25) is 4.99 Å². The summed E-state index contributed by atoms with van der Waals surface area (Å²) in [5.41, 5.74) is 2.32. The first-order chi connectivity index (χ1) is 13.9. The largest absolute Gasteiger partial charge is 0.490 e. The van der Waals surface area contributed by atoms with Gasteiger partial charge in [-0.15, -0.1) is 10.2 Å². The first-order valence-corrected chi connectivity index (χ1v) is 10.5. The van der Waals surface area contributed by atoms with E-state index >= 15 is 0 Å². The number of aryl methyl sites for hydroxylation is 2. The highest BCUT2D eigenvalue weighted by molar-refractivity contribution is 5.79. The molecule has 0 bridgehead atoms. The Bertz CT molecular complexity index is 783. The predicted octanol–water partition coefficient (Wildman–Crippen LogP) is 3.33. The zero-order chi connectivity index (χ0) is 21.2. The smallest absolute Gasteiger partial charge is 0.191 e. The SMILES string of the molecule is CCc1nncn1CCNC(=NC)NCc1ccc(C)cc1OC(C)CC(C)C. The van der Waals surface area contributed by atoms with E-state index in [1.54, 1.807) is 13.4 Å². The first-order valence-electron chi connectivity index (χ1n) is 10.5. The lowest BCUT2D eigenvalue weighted by Crippen LogP contribution is -2.38. The van der Waals surface area contributed by atoms with Crippen molar-refractivity contribution in [2.45, 2.75) is 66.7 Å². The Kier molecular flexibility index (Phi) is 8.96. The lowest BCUT2D eigenvalue weighted by Gasteiger charge is -2.20. The highest BCUT2D eigenvalue weighted by atomic mass is 16.5. The second-order valence-corrected chi connectivity index (χ2v) is 7.82. The first kappa shape index (κ1) is 22.7. The van der Waals surface area contributed by atoms with Crippen molar-refractivity contribution in [1.82, 2.24) is 25.4 Å². The molecule has 29 heavy (non-hydrogen) atoms. The fraction of sp³-hybridized carbons (Fsp3) is 0.591. The molecule has 1 aromatic heterocycles. The van der Waals surface area contributed by atoms with Crippen LogP contribution < -0.4 is 15.4 Å². The highest BCUT2D eigenvalue weighted by Crippen LogP contribution is 2.23. The molecule has 1 heterocycles. The van der Waals surface area contributed by atoms with Crippen LogP contribution in [0.1, 0.15) is 51.1 Å². The van der Waals surface area contributed by atoms with E-state index in [0.29, 0.717) is 12.5 Å². The van der Waals surface area contributed by atoms with E-state index < -0.39 is 0 Å². The summed E-state index contributed by atoms with van der Waals surface area (Å²) in [4.78, 5) is 4.33. The molecule has 0 aliphatic carbocycles. The molecule has 1 unspecified atom stereocenters. The number of benzene rings is 1. The van der Waals surface area contributed by atoms with Crippen molar-refractivity contribution in [3.8, 4) is 5.75 Å². The zero-order valence-corrected chi connectivity index (χ0v) is 18.7. The second-order valence-electron chi connectivity index (χ2n) is 7.82. The number of rotatable bonds is 10. The van der Waals surface area contributed by atoms with Gasteiger partial charge in [-0.05, 0) is 37.8 Å². The third kappa shape index (κ3) is 7.40. The highest BCUT2D eigenvalue weighted by Gasteiger charge is 2.11. The standard InChI is InChI=1S/C22H36N6O/c1-7-21-27-26-15-28(21)11-10-24-22(23-6)25-14-19-9-8-17(4)13-20(19)29-18(5)12-16(2)3/h8-9,13,15-16,18H,7,10-12,14H2,1-6H3,(H2,23,24,25). The van der Waals surface area contributed by atoms with Crippen molar-refractivity contribution in [2.24, 2.45) is 10.9 Å². The van der Waals surface area contributed by atoms with Gasteiger partial charge in [0.2, 0.25) is 0 Å². The van der Waals surface area contributed by atoms with Crippen LogP contribution >= 0.6 is 0 Å². The van der Waals surface area contributed by atoms with Crippen molar-refractivity contribution >= 4 is 5.96 Å². The van der Waals surface area contributed by atoms with E-state index in [0.717, 1.165) is 49.0 Å². The molecule has 0 spiro atoms. The molecule has 2 aromatic rings. The normalized spacial score (nSPS) is 12.9. The summed E-state index contributed by atoms with van der Waals surface area (Å²) in [5, 5.41) is 14.8. The van der Waals surface area contributed by atoms with Crippen molar-refractivity contribution in [1.29, 1.82) is 0 Å². The maximum Gasteiger partial charge on any atom is 0.191 e. The Morgan fingerprint density at radius 2 is 2.03 bits per heavy atom. The molecule has 1 aromatic carbocycles. The monoisotopic (exact) mass is 400 g/mol. The summed E-state index contributed by atoms with van der Waals surface area (Å²) >= 11 is 0. The predicted molar refractivity (Wildman–Crippen MR) is 118 cm³/mol.